The molecule has 0 fully saturated rings. The molecule has 2 nitrogen and oxygen atoms in total. The average Bonchev–Trinajstić information content (AvgIpc) is 2.41. The van der Waals surface area contributed by atoms with Crippen molar-refractivity contribution >= 4 is 22.5 Å². The zero-order valence-electron chi connectivity index (χ0n) is 11.2. The van der Waals surface area contributed by atoms with Crippen molar-refractivity contribution in [3.05, 3.63) is 41.0 Å². The van der Waals surface area contributed by atoms with E-state index < -0.39 is 0 Å². The number of nitrogens with zero attached hydrogens (tertiary/aromatic N) is 2. The van der Waals surface area contributed by atoms with Gasteiger partial charge in [-0.15, -0.1) is 0 Å². The molecule has 0 radical (unpaired) electrons. The second-order valence-corrected chi connectivity index (χ2v) is 5.19. The van der Waals surface area contributed by atoms with Crippen LogP contribution in [0.25, 0.3) is 10.9 Å². The summed E-state index contributed by atoms with van der Waals surface area (Å²) in [4.78, 5) is 6.81. The Balaban J connectivity index is 2.37. The Hall–Kier alpha value is -1.12. The second-order valence-electron chi connectivity index (χ2n) is 4.78. The first-order valence-corrected chi connectivity index (χ1v) is 6.73. The highest BCUT2D eigenvalue weighted by atomic mass is 35.5. The van der Waals surface area contributed by atoms with Gasteiger partial charge >= 0.3 is 0 Å². The van der Waals surface area contributed by atoms with Crippen molar-refractivity contribution < 1.29 is 0 Å². The van der Waals surface area contributed by atoms with Crippen LogP contribution < -0.4 is 0 Å². The number of benzene rings is 1. The molecule has 1 unspecified atom stereocenters. The van der Waals surface area contributed by atoms with E-state index in [2.05, 4.69) is 36.8 Å². The quantitative estimate of drug-likeness (QED) is 0.824. The molecule has 0 amide bonds. The fraction of sp³-hybridized carbons (Fsp3) is 0.400. The monoisotopic (exact) mass is 262 g/mol. The van der Waals surface area contributed by atoms with Gasteiger partial charge in [0.15, 0.2) is 0 Å². The molecule has 0 aliphatic heterocycles. The average molecular weight is 263 g/mol. The molecule has 2 aromatic rings. The molecule has 1 aromatic carbocycles. The van der Waals surface area contributed by atoms with E-state index in [-0.39, 0.29) is 0 Å². The predicted molar refractivity (Wildman–Crippen MR) is 78.0 cm³/mol. The smallest absolute Gasteiger partial charge is 0.0761 e. The summed E-state index contributed by atoms with van der Waals surface area (Å²) in [6, 6.07) is 8.56. The second kappa shape index (κ2) is 5.68. The molecule has 0 bridgehead atoms. The molecule has 0 aliphatic carbocycles. The third-order valence-corrected chi connectivity index (χ3v) is 3.89. The molecule has 18 heavy (non-hydrogen) atoms. The van der Waals surface area contributed by atoms with Gasteiger partial charge in [-0.2, -0.15) is 0 Å². The molecular weight excluding hydrogens is 244 g/mol. The van der Waals surface area contributed by atoms with Crippen LogP contribution in [-0.2, 0) is 6.54 Å². The minimum atomic E-state index is 0.569. The van der Waals surface area contributed by atoms with Crippen LogP contribution in [0.2, 0.25) is 5.02 Å². The first kappa shape index (κ1) is 13.3. The highest BCUT2D eigenvalue weighted by molar-refractivity contribution is 6.35. The summed E-state index contributed by atoms with van der Waals surface area (Å²) in [5.41, 5.74) is 2.25. The molecule has 3 heteroatoms. The van der Waals surface area contributed by atoms with Gasteiger partial charge in [0.1, 0.15) is 0 Å². The first-order valence-electron chi connectivity index (χ1n) is 6.35. The van der Waals surface area contributed by atoms with Crippen LogP contribution in [0.3, 0.4) is 0 Å². The summed E-state index contributed by atoms with van der Waals surface area (Å²) in [6.45, 7) is 5.35. The van der Waals surface area contributed by atoms with Crippen molar-refractivity contribution in [2.24, 2.45) is 0 Å². The van der Waals surface area contributed by atoms with Gasteiger partial charge in [-0.05, 0) is 44.2 Å². The van der Waals surface area contributed by atoms with E-state index in [1.54, 1.807) is 0 Å². The van der Waals surface area contributed by atoms with Gasteiger partial charge < -0.3 is 0 Å². The van der Waals surface area contributed by atoms with Gasteiger partial charge in [-0.1, -0.05) is 24.6 Å². The molecule has 2 rings (SSSR count). The standard InChI is InChI=1S/C15H19ClN2/c1-4-11(2)18(3)10-12-7-8-14(16)13-6-5-9-17-15(12)13/h5-9,11H,4,10H2,1-3H3. The Morgan fingerprint density at radius 1 is 1.33 bits per heavy atom. The fourth-order valence-electron chi connectivity index (χ4n) is 2.06. The number of hydrogen-bond acceptors (Lipinski definition) is 2. The lowest BCUT2D eigenvalue weighted by Crippen LogP contribution is -2.27. The van der Waals surface area contributed by atoms with Crippen LogP contribution >= 0.6 is 11.6 Å². The highest BCUT2D eigenvalue weighted by Crippen LogP contribution is 2.25. The summed E-state index contributed by atoms with van der Waals surface area (Å²) in [5, 5.41) is 1.81. The summed E-state index contributed by atoms with van der Waals surface area (Å²) < 4.78 is 0. The van der Waals surface area contributed by atoms with E-state index in [0.29, 0.717) is 6.04 Å². The van der Waals surface area contributed by atoms with Crippen LogP contribution in [0.5, 0.6) is 0 Å². The highest BCUT2D eigenvalue weighted by Gasteiger charge is 2.11. The van der Waals surface area contributed by atoms with Gasteiger partial charge in [0.05, 0.1) is 5.52 Å². The third kappa shape index (κ3) is 2.65. The van der Waals surface area contributed by atoms with Crippen LogP contribution in [0.15, 0.2) is 30.5 Å². The maximum Gasteiger partial charge on any atom is 0.0761 e. The molecule has 1 heterocycles. The van der Waals surface area contributed by atoms with Gasteiger partial charge in [-0.25, -0.2) is 0 Å². The summed E-state index contributed by atoms with van der Waals surface area (Å²) in [5.74, 6) is 0. The number of hydrogen-bond donors (Lipinski definition) is 0. The third-order valence-electron chi connectivity index (χ3n) is 3.56. The zero-order chi connectivity index (χ0) is 13.1. The molecule has 0 spiro atoms. The van der Waals surface area contributed by atoms with E-state index >= 15 is 0 Å². The van der Waals surface area contributed by atoms with Gasteiger partial charge in [0, 0.05) is 29.2 Å². The molecule has 0 saturated heterocycles. The van der Waals surface area contributed by atoms with Crippen molar-refractivity contribution in [1.29, 1.82) is 0 Å². The van der Waals surface area contributed by atoms with Gasteiger partial charge in [-0.3, -0.25) is 9.88 Å². The fourth-order valence-corrected chi connectivity index (χ4v) is 2.28. The van der Waals surface area contributed by atoms with Crippen molar-refractivity contribution in [3.63, 3.8) is 0 Å². The zero-order valence-corrected chi connectivity index (χ0v) is 11.9. The number of aromatic nitrogens is 1. The lowest BCUT2D eigenvalue weighted by Gasteiger charge is -2.24. The molecule has 0 N–H and O–H groups in total. The van der Waals surface area contributed by atoms with E-state index in [0.717, 1.165) is 28.9 Å². The minimum Gasteiger partial charge on any atom is -0.299 e. The topological polar surface area (TPSA) is 16.1 Å². The van der Waals surface area contributed by atoms with E-state index in [1.165, 1.54) is 5.56 Å². The SMILES string of the molecule is CCC(C)N(C)Cc1ccc(Cl)c2cccnc12. The molecule has 1 atom stereocenters. The molecule has 1 aromatic heterocycles. The first-order chi connectivity index (χ1) is 8.63. The number of pyridine rings is 1. The van der Waals surface area contributed by atoms with Gasteiger partial charge in [0.2, 0.25) is 0 Å². The molecular formula is C15H19ClN2. The maximum absolute atomic E-state index is 6.20. The van der Waals surface area contributed by atoms with E-state index in [9.17, 15) is 0 Å². The van der Waals surface area contributed by atoms with Crippen molar-refractivity contribution in [2.75, 3.05) is 7.05 Å². The van der Waals surface area contributed by atoms with Crippen LogP contribution in [0.4, 0.5) is 0 Å². The predicted octanol–water partition coefficient (Wildman–Crippen LogP) is 4.12. The van der Waals surface area contributed by atoms with Crippen molar-refractivity contribution in [2.45, 2.75) is 32.9 Å². The minimum absolute atomic E-state index is 0.569. The summed E-state index contributed by atoms with van der Waals surface area (Å²) in [7, 11) is 2.15. The number of halogens is 1. The lowest BCUT2D eigenvalue weighted by molar-refractivity contribution is 0.244. The largest absolute Gasteiger partial charge is 0.299 e. The summed E-state index contributed by atoms with van der Waals surface area (Å²) in [6.07, 6.45) is 2.97. The maximum atomic E-state index is 6.20. The Labute approximate surface area is 114 Å². The molecule has 96 valence electrons. The normalized spacial score (nSPS) is 13.2. The van der Waals surface area contributed by atoms with E-state index in [4.69, 9.17) is 11.6 Å². The van der Waals surface area contributed by atoms with E-state index in [1.807, 2.05) is 24.4 Å². The molecule has 0 saturated carbocycles. The molecule has 0 aliphatic rings. The Bertz CT molecular complexity index is 539. The number of fused-ring (bicyclic) bond motifs is 1. The van der Waals surface area contributed by atoms with Crippen LogP contribution in [0.1, 0.15) is 25.8 Å². The summed E-state index contributed by atoms with van der Waals surface area (Å²) >= 11 is 6.20. The van der Waals surface area contributed by atoms with Gasteiger partial charge in [0.25, 0.3) is 0 Å². The van der Waals surface area contributed by atoms with Crippen molar-refractivity contribution in [1.82, 2.24) is 9.88 Å². The Morgan fingerprint density at radius 3 is 2.83 bits per heavy atom. The lowest BCUT2D eigenvalue weighted by atomic mass is 10.1. The number of rotatable bonds is 4. The van der Waals surface area contributed by atoms with Crippen molar-refractivity contribution in [3.8, 4) is 0 Å². The Morgan fingerprint density at radius 2 is 2.11 bits per heavy atom. The van der Waals surface area contributed by atoms with Crippen LogP contribution in [0, 0.1) is 0 Å². The van der Waals surface area contributed by atoms with Crippen LogP contribution in [-0.4, -0.2) is 23.0 Å². The Kier molecular flexibility index (Phi) is 4.20.